The molecule has 0 aliphatic carbocycles. The molecule has 5 heteroatoms. The molecule has 0 spiro atoms. The van der Waals surface area contributed by atoms with Crippen LogP contribution < -0.4 is 0 Å². The predicted molar refractivity (Wildman–Crippen MR) is 38.5 cm³/mol. The van der Waals surface area contributed by atoms with Crippen LogP contribution in [-0.2, 0) is 0 Å². The van der Waals surface area contributed by atoms with Crippen LogP contribution in [0.3, 0.4) is 0 Å². The van der Waals surface area contributed by atoms with Crippen molar-refractivity contribution in [3.05, 3.63) is 0 Å². The average molecular weight is 110 g/mol. The molecular formula is H7BNa4. The van der Waals surface area contributed by atoms with Crippen LogP contribution in [0.4, 0.5) is 0 Å². The Morgan fingerprint density at radius 1 is 0.400 bits per heavy atom. The molecule has 0 unspecified atom stereocenters. The maximum absolute atomic E-state index is 0. The molecule has 0 atom stereocenters. The molecule has 0 rings (SSSR count). The van der Waals surface area contributed by atoms with Gasteiger partial charge in [-0.2, -0.15) is 0 Å². The van der Waals surface area contributed by atoms with Gasteiger partial charge in [-0.1, -0.05) is 0 Å². The standard InChI is InChI=1S/BH3.4Na.4H/h1H3;;;;;;;;. The van der Waals surface area contributed by atoms with Crippen LogP contribution in [0.5, 0.6) is 0 Å². The van der Waals surface area contributed by atoms with Crippen LogP contribution in [0, 0.1) is 0 Å². The quantitative estimate of drug-likeness (QED) is 0.281. The van der Waals surface area contributed by atoms with E-state index in [0.29, 0.717) is 0 Å². The zero-order valence-electron chi connectivity index (χ0n) is 0. The van der Waals surface area contributed by atoms with Gasteiger partial charge in [0.25, 0.3) is 0 Å². The summed E-state index contributed by atoms with van der Waals surface area (Å²) >= 11 is 0. The summed E-state index contributed by atoms with van der Waals surface area (Å²) in [6.45, 7) is 0. The van der Waals surface area contributed by atoms with Crippen molar-refractivity contribution in [2.24, 2.45) is 0 Å². The van der Waals surface area contributed by atoms with E-state index in [-0.39, 0.29) is 127 Å². The van der Waals surface area contributed by atoms with Gasteiger partial charge in [0.2, 0.25) is 0 Å². The fourth-order valence-electron chi connectivity index (χ4n) is 0. The van der Waals surface area contributed by atoms with E-state index in [1.165, 1.54) is 0 Å². The molecular weight excluding hydrogens is 103 g/mol. The van der Waals surface area contributed by atoms with Crippen molar-refractivity contribution in [3.8, 4) is 0 Å². The Kier molecular flexibility index (Phi) is 174. The summed E-state index contributed by atoms with van der Waals surface area (Å²) in [6.07, 6.45) is 0. The van der Waals surface area contributed by atoms with Crippen LogP contribution in [0.2, 0.25) is 0 Å². The number of hydrogen-bond donors (Lipinski definition) is 0. The molecule has 0 nitrogen and oxygen atoms in total. The summed E-state index contributed by atoms with van der Waals surface area (Å²) in [5, 5.41) is 0. The molecule has 0 aliphatic heterocycles. The fraction of sp³-hybridized carbons (Fsp3) is 0. The van der Waals surface area contributed by atoms with Gasteiger partial charge < -0.3 is 0 Å². The van der Waals surface area contributed by atoms with Crippen molar-refractivity contribution >= 4 is 127 Å². The molecule has 0 bridgehead atoms. The van der Waals surface area contributed by atoms with Crippen molar-refractivity contribution in [1.29, 1.82) is 0 Å². The Balaban J connectivity index is 0. The van der Waals surface area contributed by atoms with E-state index in [0.717, 1.165) is 0 Å². The summed E-state index contributed by atoms with van der Waals surface area (Å²) in [6, 6.07) is 0. The van der Waals surface area contributed by atoms with Gasteiger partial charge in [0.1, 0.15) is 0 Å². The maximum atomic E-state index is 0. The van der Waals surface area contributed by atoms with Gasteiger partial charge in [-0.15, -0.1) is 0 Å². The van der Waals surface area contributed by atoms with Gasteiger partial charge in [0.15, 0.2) is 0 Å². The van der Waals surface area contributed by atoms with Gasteiger partial charge in [-0.05, 0) is 0 Å². The van der Waals surface area contributed by atoms with E-state index >= 15 is 0 Å². The van der Waals surface area contributed by atoms with E-state index in [9.17, 15) is 0 Å². The normalized spacial score (nSPS) is 0. The summed E-state index contributed by atoms with van der Waals surface area (Å²) in [5.41, 5.74) is 0. The molecule has 0 fully saturated rings. The van der Waals surface area contributed by atoms with E-state index in [1.54, 1.807) is 0 Å². The summed E-state index contributed by atoms with van der Waals surface area (Å²) in [4.78, 5) is 0. The Hall–Kier alpha value is 4.06. The molecule has 14 valence electrons. The third kappa shape index (κ3) is 18.0. The fourth-order valence-corrected chi connectivity index (χ4v) is 0. The third-order valence-corrected chi connectivity index (χ3v) is 0. The van der Waals surface area contributed by atoms with Crippen molar-refractivity contribution in [1.82, 2.24) is 0 Å². The van der Waals surface area contributed by atoms with Crippen LogP contribution >= 0.6 is 0 Å². The minimum absolute atomic E-state index is 0. The second kappa shape index (κ2) is 24.4. The van der Waals surface area contributed by atoms with Gasteiger partial charge >= 0.3 is 118 Å². The molecule has 0 N–H and O–H groups in total. The molecule has 0 amide bonds. The van der Waals surface area contributed by atoms with E-state index in [1.807, 2.05) is 0 Å². The summed E-state index contributed by atoms with van der Waals surface area (Å²) < 4.78 is 0. The molecule has 0 radical (unpaired) electrons. The van der Waals surface area contributed by atoms with E-state index < -0.39 is 0 Å². The van der Waals surface area contributed by atoms with Gasteiger partial charge in [0.05, 0.1) is 8.41 Å². The predicted octanol–water partition coefficient (Wildman–Crippen LogP) is -3.78. The van der Waals surface area contributed by atoms with Gasteiger partial charge in [-0.25, -0.2) is 0 Å². The molecule has 0 aliphatic rings. The average Bonchev–Trinajstić information content (AvgIpc) is 0. The van der Waals surface area contributed by atoms with Gasteiger partial charge in [0, 0.05) is 0 Å². The van der Waals surface area contributed by atoms with Gasteiger partial charge in [-0.3, -0.25) is 0 Å². The summed E-state index contributed by atoms with van der Waals surface area (Å²) in [7, 11) is 0. The second-order valence-corrected chi connectivity index (χ2v) is 0. The molecule has 0 aromatic carbocycles. The molecule has 5 heavy (non-hydrogen) atoms. The first-order valence-electron chi connectivity index (χ1n) is 0. The van der Waals surface area contributed by atoms with Crippen LogP contribution in [0.15, 0.2) is 0 Å². The molecule has 0 aromatic heterocycles. The van der Waals surface area contributed by atoms with E-state index in [4.69, 9.17) is 0 Å². The number of hydrogen-bond acceptors (Lipinski definition) is 0. The molecule has 0 saturated heterocycles. The molecule has 0 aromatic rings. The topological polar surface area (TPSA) is 0 Å². The minimum atomic E-state index is 0. The number of rotatable bonds is 0. The Morgan fingerprint density at radius 2 is 0.400 bits per heavy atom. The van der Waals surface area contributed by atoms with E-state index in [2.05, 4.69) is 0 Å². The zero-order valence-corrected chi connectivity index (χ0v) is 0. The van der Waals surface area contributed by atoms with Crippen LogP contribution in [0.1, 0.15) is 0 Å². The first-order valence-corrected chi connectivity index (χ1v) is 0. The Morgan fingerprint density at radius 3 is 0.400 bits per heavy atom. The van der Waals surface area contributed by atoms with Crippen LogP contribution in [0.25, 0.3) is 0 Å². The zero-order chi connectivity index (χ0) is 0. The van der Waals surface area contributed by atoms with Crippen molar-refractivity contribution in [3.63, 3.8) is 0 Å². The molecule has 0 heterocycles. The molecule has 0 saturated carbocycles. The van der Waals surface area contributed by atoms with Crippen molar-refractivity contribution in [2.45, 2.75) is 0 Å². The Bertz CT molecular complexity index is 3.61. The summed E-state index contributed by atoms with van der Waals surface area (Å²) in [5.74, 6) is 0. The van der Waals surface area contributed by atoms with Crippen molar-refractivity contribution < 1.29 is 0 Å². The second-order valence-electron chi connectivity index (χ2n) is 0. The Labute approximate surface area is 123 Å². The van der Waals surface area contributed by atoms with Crippen molar-refractivity contribution in [2.75, 3.05) is 0 Å². The first-order chi connectivity index (χ1) is 0. The SMILES string of the molecule is B.[NaH].[NaH].[NaH].[NaH]. The monoisotopic (exact) mass is 110 g/mol. The first kappa shape index (κ1) is 35.7. The van der Waals surface area contributed by atoms with Crippen LogP contribution in [-0.4, -0.2) is 127 Å². The third-order valence-electron chi connectivity index (χ3n) is 0.